The van der Waals surface area contributed by atoms with Crippen molar-refractivity contribution in [2.75, 3.05) is 0 Å². The predicted octanol–water partition coefficient (Wildman–Crippen LogP) is 20.7. The number of aryl methyl sites for hydroxylation is 4. The summed E-state index contributed by atoms with van der Waals surface area (Å²) in [5.74, 6) is 4.70. The van der Waals surface area contributed by atoms with E-state index in [-0.39, 0.29) is 23.7 Å². The van der Waals surface area contributed by atoms with E-state index >= 15 is 0 Å². The summed E-state index contributed by atoms with van der Waals surface area (Å²) in [4.78, 5) is 0. The molecule has 1 aliphatic carbocycles. The van der Waals surface area contributed by atoms with Crippen molar-refractivity contribution in [3.05, 3.63) is 358 Å². The van der Waals surface area contributed by atoms with Crippen molar-refractivity contribution in [2.24, 2.45) is 0 Å². The summed E-state index contributed by atoms with van der Waals surface area (Å²) in [5, 5.41) is 3.72. The van der Waals surface area contributed by atoms with Crippen LogP contribution in [0.3, 0.4) is 0 Å². The molecule has 0 atom stereocenters. The molecule has 8 nitrogen and oxygen atoms in total. The summed E-state index contributed by atoms with van der Waals surface area (Å²) >= 11 is 0. The van der Waals surface area contributed by atoms with Gasteiger partial charge in [-0.05, 0) is 146 Å². The molecule has 8 bridgehead atoms. The molecule has 12 heteroatoms. The van der Waals surface area contributed by atoms with Crippen LogP contribution < -0.4 is 57.4 Å². The zero-order chi connectivity index (χ0) is 63.7. The molecule has 5 aliphatic rings. The highest BCUT2D eigenvalue weighted by Crippen LogP contribution is 2.62. The van der Waals surface area contributed by atoms with E-state index in [1.54, 1.807) is 0 Å². The second-order valence-corrected chi connectivity index (χ2v) is 30.7. The molecule has 12 aromatic rings. The van der Waals surface area contributed by atoms with Crippen LogP contribution in [-0.4, -0.2) is 0 Å². The molecule has 0 amide bonds. The Bertz CT molecular complexity index is 3990. The van der Waals surface area contributed by atoms with Crippen LogP contribution in [0, 0.1) is 0 Å². The van der Waals surface area contributed by atoms with Gasteiger partial charge in [0.25, 0.3) is 0 Å². The SMILES string of the molecule is c1ccc(CCC2c3cc4c5cc3OP(c3ccccc3)Oc3cc6c(cc32)C(CCc2ccccc2)c2cc3c(cc2OP(c2ccccc2)O6)OP(c2ccccc2)Oc2cc(c(cc2C3CCc2ccccc2)C4CCc2ccccc2)OP(c2ccccc2)O5)cc1. The summed E-state index contributed by atoms with van der Waals surface area (Å²) in [6.45, 7) is 0. The van der Waals surface area contributed by atoms with Crippen LogP contribution >= 0.6 is 33.5 Å². The molecule has 0 aromatic heterocycles. The first kappa shape index (κ1) is 60.4. The van der Waals surface area contributed by atoms with Crippen molar-refractivity contribution in [1.29, 1.82) is 0 Å². The Morgan fingerprint density at radius 2 is 0.344 bits per heavy atom. The maximum atomic E-state index is 7.65. The van der Waals surface area contributed by atoms with E-state index in [1.807, 2.05) is 24.3 Å². The maximum absolute atomic E-state index is 7.65. The summed E-state index contributed by atoms with van der Waals surface area (Å²) < 4.78 is 61.2. The van der Waals surface area contributed by atoms with Gasteiger partial charge < -0.3 is 36.2 Å². The van der Waals surface area contributed by atoms with Gasteiger partial charge in [-0.3, -0.25) is 0 Å². The average Bonchev–Trinajstić information content (AvgIpc) is 0.744. The molecule has 0 saturated heterocycles. The van der Waals surface area contributed by atoms with Gasteiger partial charge in [-0.25, -0.2) is 0 Å². The standard InChI is InChI=1S/C84H68O8P4/c1-9-25-57(26-10-1)41-45-65-69-49-71-66(46-42-58-27-11-2-12-28-58)73-51-75-68(48-44-60-31-15-4-16-32-60)76-52-74-67(47-43-59-29-13-3-14-30-59)72-50-70(65)78-54-80(72)88-95(63-37-21-7-22-38-63)90-82(74)56-84(76)92-96(64-39-23-8-24-40-64)91-83(75)55-81(73)89-94(62-35-19-6-20-36-62)87-79(71)53-77(69)85-93(86-78)61-33-17-5-18-34-61/h1-40,49-56,65-68H,41-48H2. The molecular formula is C84H68O8P4. The van der Waals surface area contributed by atoms with Crippen molar-refractivity contribution in [3.63, 3.8) is 0 Å². The Balaban J connectivity index is 1.01. The summed E-state index contributed by atoms with van der Waals surface area (Å²) in [6.07, 6.45) is 6.08. The van der Waals surface area contributed by atoms with Crippen LogP contribution in [0.1, 0.15) is 116 Å². The first-order chi connectivity index (χ1) is 47.5. The third-order valence-corrected chi connectivity index (χ3v) is 24.9. The van der Waals surface area contributed by atoms with Gasteiger partial charge in [-0.15, -0.1) is 0 Å². The van der Waals surface area contributed by atoms with Gasteiger partial charge >= 0.3 is 33.5 Å². The van der Waals surface area contributed by atoms with E-state index in [0.29, 0.717) is 46.0 Å². The van der Waals surface area contributed by atoms with Crippen LogP contribution in [0.25, 0.3) is 0 Å². The Kier molecular flexibility index (Phi) is 17.1. The second-order valence-electron chi connectivity index (χ2n) is 25.1. The summed E-state index contributed by atoms with van der Waals surface area (Å²) in [6, 6.07) is 104. The van der Waals surface area contributed by atoms with E-state index in [1.165, 1.54) is 22.3 Å². The molecule has 0 unspecified atom stereocenters. The smallest absolute Gasteiger partial charge is 0.326 e. The highest BCUT2D eigenvalue weighted by molar-refractivity contribution is 7.57. The van der Waals surface area contributed by atoms with Crippen LogP contribution in [0.4, 0.5) is 0 Å². The number of rotatable bonds is 16. The van der Waals surface area contributed by atoms with Gasteiger partial charge in [0.1, 0.15) is 46.0 Å². The molecule has 4 aliphatic heterocycles. The van der Waals surface area contributed by atoms with Crippen molar-refractivity contribution in [2.45, 2.75) is 75.0 Å². The first-order valence-electron chi connectivity index (χ1n) is 33.2. The predicted molar refractivity (Wildman–Crippen MR) is 389 cm³/mol. The quantitative estimate of drug-likeness (QED) is 0.0886. The van der Waals surface area contributed by atoms with E-state index in [2.05, 4.69) is 267 Å². The molecule has 0 radical (unpaired) electrons. The lowest BCUT2D eigenvalue weighted by Crippen LogP contribution is -2.22. The normalized spacial score (nSPS) is 19.8. The van der Waals surface area contributed by atoms with Crippen LogP contribution in [0.2, 0.25) is 0 Å². The fourth-order valence-corrected chi connectivity index (χ4v) is 19.7. The Morgan fingerprint density at radius 1 is 0.188 bits per heavy atom. The van der Waals surface area contributed by atoms with E-state index < -0.39 is 33.5 Å². The van der Waals surface area contributed by atoms with Gasteiger partial charge in [-0.1, -0.05) is 194 Å². The molecule has 12 aromatic carbocycles. The van der Waals surface area contributed by atoms with E-state index in [9.17, 15) is 0 Å². The topological polar surface area (TPSA) is 73.8 Å². The van der Waals surface area contributed by atoms with Crippen molar-refractivity contribution in [1.82, 2.24) is 0 Å². The van der Waals surface area contributed by atoms with Crippen molar-refractivity contribution in [3.8, 4) is 46.0 Å². The van der Waals surface area contributed by atoms with Gasteiger partial charge in [0.05, 0.1) is 21.2 Å². The summed E-state index contributed by atoms with van der Waals surface area (Å²) in [5.41, 5.74) is 13.6. The average molecular weight is 1330 g/mol. The third kappa shape index (κ3) is 12.4. The van der Waals surface area contributed by atoms with Crippen molar-refractivity contribution < 1.29 is 36.2 Å². The molecule has 472 valence electrons. The summed E-state index contributed by atoms with van der Waals surface area (Å²) in [7, 11) is -7.33. The monoisotopic (exact) mass is 1330 g/mol. The molecular weight excluding hydrogens is 1260 g/mol. The molecule has 17 rings (SSSR count). The minimum absolute atomic E-state index is 0.257. The zero-order valence-electron chi connectivity index (χ0n) is 52.7. The molecule has 96 heavy (non-hydrogen) atoms. The minimum atomic E-state index is -1.83. The van der Waals surface area contributed by atoms with Gasteiger partial charge in [0.15, 0.2) is 0 Å². The maximum Gasteiger partial charge on any atom is 0.326 e. The van der Waals surface area contributed by atoms with E-state index in [0.717, 1.165) is 117 Å². The highest BCUT2D eigenvalue weighted by Gasteiger charge is 2.42. The van der Waals surface area contributed by atoms with Gasteiger partial charge in [-0.2, -0.15) is 0 Å². The minimum Gasteiger partial charge on any atom is -0.435 e. The number of hydrogen-bond acceptors (Lipinski definition) is 8. The van der Waals surface area contributed by atoms with Crippen LogP contribution in [0.15, 0.2) is 291 Å². The third-order valence-electron chi connectivity index (χ3n) is 19.1. The molecule has 0 N–H and O–H groups in total. The highest BCUT2D eigenvalue weighted by atomic mass is 31.2. The largest absolute Gasteiger partial charge is 0.435 e. The molecule has 0 spiro atoms. The number of hydrogen-bond donors (Lipinski definition) is 0. The Morgan fingerprint density at radius 3 is 0.510 bits per heavy atom. The molecule has 0 saturated carbocycles. The van der Waals surface area contributed by atoms with Gasteiger partial charge in [0, 0.05) is 92.4 Å². The Hall–Kier alpha value is -9.24. The zero-order valence-corrected chi connectivity index (χ0v) is 56.3. The number of benzene rings is 12. The lowest BCUT2D eigenvalue weighted by Gasteiger charge is -2.37. The van der Waals surface area contributed by atoms with Crippen LogP contribution in [0.5, 0.6) is 46.0 Å². The lowest BCUT2D eigenvalue weighted by molar-refractivity contribution is 0.445. The van der Waals surface area contributed by atoms with E-state index in [4.69, 9.17) is 36.2 Å². The fourth-order valence-electron chi connectivity index (χ4n) is 14.3. The first-order valence-corrected chi connectivity index (χ1v) is 38.0. The second kappa shape index (κ2) is 27.1. The Labute approximate surface area is 566 Å². The fraction of sp³-hybridized carbons (Fsp3) is 0.143. The van der Waals surface area contributed by atoms with Gasteiger partial charge in [0.2, 0.25) is 0 Å². The molecule has 4 heterocycles. The van der Waals surface area contributed by atoms with Crippen molar-refractivity contribution >= 4 is 54.7 Å². The molecule has 0 fully saturated rings. The van der Waals surface area contributed by atoms with Crippen LogP contribution in [-0.2, 0) is 25.7 Å². The lowest BCUT2D eigenvalue weighted by atomic mass is 9.76.